The van der Waals surface area contributed by atoms with Crippen LogP contribution in [0.5, 0.6) is 0 Å². The van der Waals surface area contributed by atoms with E-state index < -0.39 is 10.8 Å². The molecule has 5 nitrogen and oxygen atoms in total. The van der Waals surface area contributed by atoms with Gasteiger partial charge in [-0.2, -0.15) is 11.8 Å². The molecule has 0 aliphatic heterocycles. The molecule has 0 aromatic heterocycles. The third-order valence-electron chi connectivity index (χ3n) is 2.78. The van der Waals surface area contributed by atoms with Gasteiger partial charge in [-0.05, 0) is 24.9 Å². The Bertz CT molecular complexity index is 526. The average Bonchev–Trinajstić information content (AvgIpc) is 2.44. The molecule has 0 heterocycles. The summed E-state index contributed by atoms with van der Waals surface area (Å²) < 4.78 is 0. The molecule has 0 spiro atoms. The second-order valence-electron chi connectivity index (χ2n) is 4.36. The van der Waals surface area contributed by atoms with Crippen molar-refractivity contribution in [3.05, 3.63) is 37.9 Å². The monoisotopic (exact) mass is 350 g/mol. The number of hydrogen-bond donors (Lipinski definition) is 1. The standard InChI is InChI=1S/C13H16Cl2N2O3S/c1-21-6-4-2-3-5-16-13(18)10-7-9(17(19)20)8-11(14)12(10)15/h7-8H,2-6H2,1H3,(H,16,18). The van der Waals surface area contributed by atoms with Gasteiger partial charge in [0.25, 0.3) is 11.6 Å². The third kappa shape index (κ3) is 5.73. The summed E-state index contributed by atoms with van der Waals surface area (Å²) >= 11 is 13.5. The Morgan fingerprint density at radius 3 is 2.67 bits per heavy atom. The zero-order chi connectivity index (χ0) is 15.8. The maximum absolute atomic E-state index is 12.0. The third-order valence-corrected chi connectivity index (χ3v) is 4.28. The number of carbonyl (C=O) groups excluding carboxylic acids is 1. The molecule has 1 rings (SSSR count). The molecule has 0 aliphatic rings. The number of thioether (sulfide) groups is 1. The fourth-order valence-corrected chi connectivity index (χ4v) is 2.59. The lowest BCUT2D eigenvalue weighted by atomic mass is 10.1. The first-order valence-electron chi connectivity index (χ1n) is 6.38. The molecule has 8 heteroatoms. The molecule has 1 N–H and O–H groups in total. The van der Waals surface area contributed by atoms with Crippen LogP contribution in [0.4, 0.5) is 5.69 Å². The second-order valence-corrected chi connectivity index (χ2v) is 6.13. The first kappa shape index (κ1) is 18.1. The fourth-order valence-electron chi connectivity index (χ4n) is 1.69. The van der Waals surface area contributed by atoms with Gasteiger partial charge in [-0.25, -0.2) is 0 Å². The van der Waals surface area contributed by atoms with E-state index >= 15 is 0 Å². The van der Waals surface area contributed by atoms with Crippen LogP contribution in [-0.4, -0.2) is 29.4 Å². The molecule has 0 bridgehead atoms. The van der Waals surface area contributed by atoms with Gasteiger partial charge in [-0.3, -0.25) is 14.9 Å². The molecular weight excluding hydrogens is 335 g/mol. The number of nitro benzene ring substituents is 1. The Kier molecular flexibility index (Phi) is 7.85. The van der Waals surface area contributed by atoms with Crippen LogP contribution in [0.25, 0.3) is 0 Å². The van der Waals surface area contributed by atoms with Crippen molar-refractivity contribution in [2.24, 2.45) is 0 Å². The number of hydrogen-bond acceptors (Lipinski definition) is 4. The van der Waals surface area contributed by atoms with E-state index in [1.807, 2.05) is 0 Å². The number of halogens is 2. The van der Waals surface area contributed by atoms with E-state index in [4.69, 9.17) is 23.2 Å². The van der Waals surface area contributed by atoms with Crippen molar-refractivity contribution in [1.29, 1.82) is 0 Å². The average molecular weight is 351 g/mol. The van der Waals surface area contributed by atoms with Crippen molar-refractivity contribution in [2.45, 2.75) is 19.3 Å². The minimum Gasteiger partial charge on any atom is -0.352 e. The van der Waals surface area contributed by atoms with Gasteiger partial charge in [-0.1, -0.05) is 29.6 Å². The maximum atomic E-state index is 12.0. The quantitative estimate of drug-likeness (QED) is 0.434. The lowest BCUT2D eigenvalue weighted by Gasteiger charge is -2.08. The van der Waals surface area contributed by atoms with Gasteiger partial charge in [-0.15, -0.1) is 0 Å². The lowest BCUT2D eigenvalue weighted by molar-refractivity contribution is -0.384. The molecule has 1 aromatic carbocycles. The van der Waals surface area contributed by atoms with Gasteiger partial charge < -0.3 is 5.32 Å². The number of benzene rings is 1. The molecular formula is C13H16Cl2N2O3S. The Morgan fingerprint density at radius 1 is 1.33 bits per heavy atom. The van der Waals surface area contributed by atoms with Gasteiger partial charge >= 0.3 is 0 Å². The smallest absolute Gasteiger partial charge is 0.271 e. The first-order valence-corrected chi connectivity index (χ1v) is 8.53. The van der Waals surface area contributed by atoms with E-state index in [1.54, 1.807) is 11.8 Å². The van der Waals surface area contributed by atoms with Crippen LogP contribution in [0.2, 0.25) is 10.0 Å². The van der Waals surface area contributed by atoms with E-state index in [0.29, 0.717) is 6.54 Å². The van der Waals surface area contributed by atoms with Gasteiger partial charge in [0.15, 0.2) is 0 Å². The van der Waals surface area contributed by atoms with Crippen LogP contribution in [0.1, 0.15) is 29.6 Å². The van der Waals surface area contributed by atoms with Gasteiger partial charge in [0.2, 0.25) is 0 Å². The Labute approximate surface area is 137 Å². The highest BCUT2D eigenvalue weighted by Gasteiger charge is 2.19. The normalized spacial score (nSPS) is 10.4. The summed E-state index contributed by atoms with van der Waals surface area (Å²) in [6, 6.07) is 2.26. The summed E-state index contributed by atoms with van der Waals surface area (Å²) in [7, 11) is 0. The fraction of sp³-hybridized carbons (Fsp3) is 0.462. The zero-order valence-corrected chi connectivity index (χ0v) is 13.9. The van der Waals surface area contributed by atoms with E-state index in [2.05, 4.69) is 11.6 Å². The predicted octanol–water partition coefficient (Wildman–Crippen LogP) is 4.16. The van der Waals surface area contributed by atoms with E-state index in [1.165, 1.54) is 0 Å². The van der Waals surface area contributed by atoms with E-state index in [9.17, 15) is 14.9 Å². The zero-order valence-electron chi connectivity index (χ0n) is 11.5. The summed E-state index contributed by atoms with van der Waals surface area (Å²) in [6.45, 7) is 0.504. The van der Waals surface area contributed by atoms with Gasteiger partial charge in [0.05, 0.1) is 20.5 Å². The SMILES string of the molecule is CSCCCCCNC(=O)c1cc([N+](=O)[O-])cc(Cl)c1Cl. The minimum atomic E-state index is -0.610. The largest absolute Gasteiger partial charge is 0.352 e. The Morgan fingerprint density at radius 2 is 2.05 bits per heavy atom. The second kappa shape index (κ2) is 9.12. The Balaban J connectivity index is 2.63. The highest BCUT2D eigenvalue weighted by molar-refractivity contribution is 7.98. The summed E-state index contributed by atoms with van der Waals surface area (Å²) in [6.07, 6.45) is 5.02. The number of unbranched alkanes of at least 4 members (excludes halogenated alkanes) is 2. The number of rotatable bonds is 8. The molecule has 0 atom stereocenters. The summed E-state index contributed by atoms with van der Waals surface area (Å²) in [5.41, 5.74) is -0.227. The molecule has 21 heavy (non-hydrogen) atoms. The molecule has 0 saturated carbocycles. The van der Waals surface area contributed by atoms with Crippen molar-refractivity contribution in [3.63, 3.8) is 0 Å². The van der Waals surface area contributed by atoms with Crippen molar-refractivity contribution < 1.29 is 9.72 Å². The summed E-state index contributed by atoms with van der Waals surface area (Å²) in [5, 5.41) is 13.5. The number of carbonyl (C=O) groups is 1. The Hall–Kier alpha value is -0.980. The van der Waals surface area contributed by atoms with Crippen LogP contribution < -0.4 is 5.32 Å². The van der Waals surface area contributed by atoms with Crippen LogP contribution in [0.15, 0.2) is 12.1 Å². The van der Waals surface area contributed by atoms with Crippen LogP contribution in [0, 0.1) is 10.1 Å². The van der Waals surface area contributed by atoms with Crippen LogP contribution in [0.3, 0.4) is 0 Å². The summed E-state index contributed by atoms with van der Waals surface area (Å²) in [5.74, 6) is 0.649. The van der Waals surface area contributed by atoms with E-state index in [0.717, 1.165) is 37.1 Å². The number of nitrogens with zero attached hydrogens (tertiary/aromatic N) is 1. The first-order chi connectivity index (χ1) is 9.97. The highest BCUT2D eigenvalue weighted by atomic mass is 35.5. The van der Waals surface area contributed by atoms with Crippen molar-refractivity contribution >= 4 is 46.6 Å². The van der Waals surface area contributed by atoms with Gasteiger partial charge in [0, 0.05) is 18.7 Å². The highest BCUT2D eigenvalue weighted by Crippen LogP contribution is 2.30. The van der Waals surface area contributed by atoms with Crippen molar-refractivity contribution in [3.8, 4) is 0 Å². The molecule has 0 unspecified atom stereocenters. The molecule has 0 saturated heterocycles. The van der Waals surface area contributed by atoms with Crippen molar-refractivity contribution in [2.75, 3.05) is 18.6 Å². The predicted molar refractivity (Wildman–Crippen MR) is 87.7 cm³/mol. The lowest BCUT2D eigenvalue weighted by Crippen LogP contribution is -2.25. The molecule has 1 aromatic rings. The molecule has 0 aliphatic carbocycles. The summed E-state index contributed by atoms with van der Waals surface area (Å²) in [4.78, 5) is 22.2. The van der Waals surface area contributed by atoms with Crippen LogP contribution >= 0.6 is 35.0 Å². The van der Waals surface area contributed by atoms with Crippen LogP contribution in [-0.2, 0) is 0 Å². The maximum Gasteiger partial charge on any atom is 0.271 e. The molecule has 1 amide bonds. The number of non-ortho nitro benzene ring substituents is 1. The number of nitro groups is 1. The molecule has 116 valence electrons. The topological polar surface area (TPSA) is 72.2 Å². The van der Waals surface area contributed by atoms with Crippen molar-refractivity contribution in [1.82, 2.24) is 5.32 Å². The minimum absolute atomic E-state index is 0.00372. The van der Waals surface area contributed by atoms with Gasteiger partial charge in [0.1, 0.15) is 0 Å². The van der Waals surface area contributed by atoms with E-state index in [-0.39, 0.29) is 21.3 Å². The molecule has 0 radical (unpaired) electrons. The number of nitrogens with one attached hydrogen (secondary N) is 1. The number of amides is 1. The molecule has 0 fully saturated rings.